The first-order chi connectivity index (χ1) is 14.1. The number of non-ortho nitro benzene ring substituents is 1. The van der Waals surface area contributed by atoms with Crippen LogP contribution in [0.4, 0.5) is 16.5 Å². The maximum absolute atomic E-state index is 13.0. The summed E-state index contributed by atoms with van der Waals surface area (Å²) in [6.45, 7) is 0. The average molecular weight is 445 g/mol. The van der Waals surface area contributed by atoms with E-state index in [9.17, 15) is 14.9 Å². The molecule has 0 unspecified atom stereocenters. The zero-order valence-electron chi connectivity index (χ0n) is 16.0. The third kappa shape index (κ3) is 4.95. The lowest BCUT2D eigenvalue weighted by Gasteiger charge is -2.09. The molecule has 1 amide bonds. The van der Waals surface area contributed by atoms with E-state index in [2.05, 4.69) is 15.6 Å². The lowest BCUT2D eigenvalue weighted by atomic mass is 10.1. The monoisotopic (exact) mass is 444 g/mol. The number of nitro groups is 1. The average Bonchev–Trinajstić information content (AvgIpc) is 3.39. The third-order valence-corrected chi connectivity index (χ3v) is 5.88. The Kier molecular flexibility index (Phi) is 7.02. The topological polar surface area (TPSA) is 97.2 Å². The molecule has 0 aliphatic heterocycles. The van der Waals surface area contributed by atoms with Crippen LogP contribution in [-0.4, -0.2) is 21.9 Å². The summed E-state index contributed by atoms with van der Waals surface area (Å²) in [6, 6.07) is 15.7. The fourth-order valence-electron chi connectivity index (χ4n) is 3.43. The van der Waals surface area contributed by atoms with E-state index in [-0.39, 0.29) is 24.0 Å². The van der Waals surface area contributed by atoms with Crippen LogP contribution in [0.5, 0.6) is 0 Å². The number of aromatic nitrogens is 1. The van der Waals surface area contributed by atoms with Crippen LogP contribution in [-0.2, 0) is 0 Å². The second kappa shape index (κ2) is 9.69. The molecule has 2 N–H and O–H groups in total. The molecule has 1 saturated carbocycles. The molecular formula is C21H21ClN4O3S. The van der Waals surface area contributed by atoms with Crippen LogP contribution in [0.3, 0.4) is 0 Å². The molecule has 0 bridgehead atoms. The van der Waals surface area contributed by atoms with Crippen LogP contribution in [0.1, 0.15) is 35.4 Å². The van der Waals surface area contributed by atoms with Crippen LogP contribution >= 0.6 is 23.7 Å². The molecular weight excluding hydrogens is 424 g/mol. The quantitative estimate of drug-likeness (QED) is 0.372. The molecule has 3 aromatic rings. The number of hydrogen-bond acceptors (Lipinski definition) is 6. The van der Waals surface area contributed by atoms with Crippen molar-refractivity contribution in [2.45, 2.75) is 31.7 Å². The van der Waals surface area contributed by atoms with Gasteiger partial charge in [0.1, 0.15) is 4.88 Å². The first kappa shape index (κ1) is 21.7. The van der Waals surface area contributed by atoms with Crippen molar-refractivity contribution in [3.05, 3.63) is 69.6 Å². The summed E-state index contributed by atoms with van der Waals surface area (Å²) in [4.78, 5) is 28.6. The summed E-state index contributed by atoms with van der Waals surface area (Å²) in [5.41, 5.74) is 1.90. The van der Waals surface area contributed by atoms with Gasteiger partial charge in [0.05, 0.1) is 10.6 Å². The number of anilines is 2. The maximum Gasteiger partial charge on any atom is 0.269 e. The lowest BCUT2D eigenvalue weighted by Crippen LogP contribution is -2.14. The summed E-state index contributed by atoms with van der Waals surface area (Å²) in [5.74, 6) is -0.249. The minimum atomic E-state index is -0.444. The van der Waals surface area contributed by atoms with Gasteiger partial charge in [-0.15, -0.1) is 12.4 Å². The highest BCUT2D eigenvalue weighted by molar-refractivity contribution is 7.18. The van der Waals surface area contributed by atoms with Gasteiger partial charge >= 0.3 is 0 Å². The fourth-order valence-corrected chi connectivity index (χ4v) is 4.39. The van der Waals surface area contributed by atoms with Crippen molar-refractivity contribution in [3.8, 4) is 11.3 Å². The molecule has 0 radical (unpaired) electrons. The predicted octanol–water partition coefficient (Wildman–Crippen LogP) is 5.75. The number of nitrogens with zero attached hydrogens (tertiary/aromatic N) is 2. The van der Waals surface area contributed by atoms with E-state index < -0.39 is 4.92 Å². The number of para-hydroxylation sites is 1. The number of thiazole rings is 1. The summed E-state index contributed by atoms with van der Waals surface area (Å²) in [6.07, 6.45) is 4.58. The fraction of sp³-hybridized carbons (Fsp3) is 0.238. The first-order valence-electron chi connectivity index (χ1n) is 9.49. The number of carbonyl (C=O) groups excluding carboxylic acids is 1. The van der Waals surface area contributed by atoms with Crippen LogP contribution in [0.2, 0.25) is 0 Å². The highest BCUT2D eigenvalue weighted by Crippen LogP contribution is 2.34. The smallest absolute Gasteiger partial charge is 0.269 e. The summed E-state index contributed by atoms with van der Waals surface area (Å²) >= 11 is 1.31. The Balaban J connectivity index is 0.00000256. The van der Waals surface area contributed by atoms with E-state index in [4.69, 9.17) is 0 Å². The van der Waals surface area contributed by atoms with Crippen molar-refractivity contribution in [1.82, 2.24) is 4.98 Å². The van der Waals surface area contributed by atoms with Gasteiger partial charge in [-0.25, -0.2) is 4.98 Å². The van der Waals surface area contributed by atoms with Crippen molar-refractivity contribution in [3.63, 3.8) is 0 Å². The van der Waals surface area contributed by atoms with Gasteiger partial charge in [0, 0.05) is 29.4 Å². The van der Waals surface area contributed by atoms with Crippen molar-refractivity contribution < 1.29 is 9.72 Å². The Morgan fingerprint density at radius 1 is 1.07 bits per heavy atom. The van der Waals surface area contributed by atoms with Gasteiger partial charge in [-0.05, 0) is 37.1 Å². The standard InChI is InChI=1S/C21H20N4O3S.ClH/c26-20(22-15-6-2-1-3-7-15)19-18(14-10-12-17(13-11-14)25(27)28)24-21(29-19)23-16-8-4-5-9-16;/h1-3,6-7,10-13,16H,4-5,8-9H2,(H,22,26)(H,23,24);1H. The highest BCUT2D eigenvalue weighted by atomic mass is 35.5. The Labute approximate surface area is 184 Å². The zero-order valence-corrected chi connectivity index (χ0v) is 17.7. The molecule has 0 spiro atoms. The van der Waals surface area contributed by atoms with Crippen molar-refractivity contribution in [2.24, 2.45) is 0 Å². The van der Waals surface area contributed by atoms with Crippen LogP contribution in [0.15, 0.2) is 54.6 Å². The lowest BCUT2D eigenvalue weighted by molar-refractivity contribution is -0.384. The minimum absolute atomic E-state index is 0. The van der Waals surface area contributed by atoms with Gasteiger partial charge < -0.3 is 10.6 Å². The van der Waals surface area contributed by atoms with Gasteiger partial charge in [-0.3, -0.25) is 14.9 Å². The van der Waals surface area contributed by atoms with Crippen molar-refractivity contribution in [2.75, 3.05) is 10.6 Å². The van der Waals surface area contributed by atoms with Gasteiger partial charge in [0.25, 0.3) is 11.6 Å². The second-order valence-electron chi connectivity index (χ2n) is 6.95. The number of amides is 1. The molecule has 0 saturated heterocycles. The van der Waals surface area contributed by atoms with Crippen molar-refractivity contribution >= 4 is 46.2 Å². The van der Waals surface area contributed by atoms with Crippen LogP contribution in [0, 0.1) is 10.1 Å². The summed E-state index contributed by atoms with van der Waals surface area (Å²) < 4.78 is 0. The van der Waals surface area contributed by atoms with Gasteiger partial charge in [-0.2, -0.15) is 0 Å². The second-order valence-corrected chi connectivity index (χ2v) is 7.95. The largest absolute Gasteiger partial charge is 0.359 e. The van der Waals surface area contributed by atoms with Crippen LogP contribution in [0.25, 0.3) is 11.3 Å². The van der Waals surface area contributed by atoms with Gasteiger partial charge in [0.2, 0.25) is 0 Å². The third-order valence-electron chi connectivity index (χ3n) is 4.90. The normalized spacial score (nSPS) is 13.5. The molecule has 156 valence electrons. The number of halogens is 1. The maximum atomic E-state index is 13.0. The van der Waals surface area contributed by atoms with Crippen molar-refractivity contribution in [1.29, 1.82) is 0 Å². The summed E-state index contributed by atoms with van der Waals surface area (Å²) in [7, 11) is 0. The highest BCUT2D eigenvalue weighted by Gasteiger charge is 2.23. The Morgan fingerprint density at radius 2 is 1.73 bits per heavy atom. The first-order valence-corrected chi connectivity index (χ1v) is 10.3. The number of rotatable bonds is 6. The molecule has 1 fully saturated rings. The van der Waals surface area contributed by atoms with Gasteiger partial charge in [-0.1, -0.05) is 42.4 Å². The molecule has 9 heteroatoms. The predicted molar refractivity (Wildman–Crippen MR) is 122 cm³/mol. The minimum Gasteiger partial charge on any atom is -0.359 e. The Hall–Kier alpha value is -2.97. The molecule has 1 heterocycles. The number of hydrogen-bond donors (Lipinski definition) is 2. The number of carbonyl (C=O) groups is 1. The molecule has 0 atom stereocenters. The molecule has 4 rings (SSSR count). The molecule has 7 nitrogen and oxygen atoms in total. The molecule has 1 aliphatic carbocycles. The zero-order chi connectivity index (χ0) is 20.2. The number of nitrogens with one attached hydrogen (secondary N) is 2. The number of benzene rings is 2. The Bertz CT molecular complexity index is 1020. The van der Waals surface area contributed by atoms with E-state index in [0.717, 1.165) is 12.8 Å². The van der Waals surface area contributed by atoms with E-state index in [1.54, 1.807) is 12.1 Å². The van der Waals surface area contributed by atoms with E-state index in [0.29, 0.717) is 33.0 Å². The number of nitro benzene ring substituents is 1. The van der Waals surface area contributed by atoms with E-state index in [1.807, 2.05) is 30.3 Å². The van der Waals surface area contributed by atoms with E-state index >= 15 is 0 Å². The van der Waals surface area contributed by atoms with Crippen LogP contribution < -0.4 is 10.6 Å². The molecule has 1 aromatic heterocycles. The molecule has 30 heavy (non-hydrogen) atoms. The summed E-state index contributed by atoms with van der Waals surface area (Å²) in [5, 5.41) is 18.0. The molecule has 2 aromatic carbocycles. The van der Waals surface area contributed by atoms with Gasteiger partial charge in [0.15, 0.2) is 5.13 Å². The van der Waals surface area contributed by atoms with E-state index in [1.165, 1.54) is 36.3 Å². The molecule has 1 aliphatic rings. The Morgan fingerprint density at radius 3 is 2.37 bits per heavy atom. The SMILES string of the molecule is Cl.O=C(Nc1ccccc1)c1sc(NC2CCCC2)nc1-c1ccc([N+](=O)[O-])cc1.